The largest absolute Gasteiger partial charge is 0.197 e. The number of benzene rings is 1. The zero-order valence-corrected chi connectivity index (χ0v) is 10.2. The lowest BCUT2D eigenvalue weighted by Gasteiger charge is -2.24. The average molecular weight is 252 g/mol. The highest BCUT2D eigenvalue weighted by molar-refractivity contribution is 6.37. The lowest BCUT2D eigenvalue weighted by atomic mass is 9.79. The van der Waals surface area contributed by atoms with Gasteiger partial charge in [0.2, 0.25) is 0 Å². The number of nitrogens with zero attached hydrogens (tertiary/aromatic N) is 1. The van der Waals surface area contributed by atoms with Crippen molar-refractivity contribution in [2.24, 2.45) is 0 Å². The molecular weight excluding hydrogens is 241 g/mol. The Kier molecular flexibility index (Phi) is 4.61. The molecule has 16 heavy (non-hydrogen) atoms. The van der Waals surface area contributed by atoms with Crippen LogP contribution in [0.4, 0.5) is 0 Å². The molecule has 0 spiro atoms. The Labute approximate surface area is 106 Å². The number of allylic oxidation sites excluding steroid dienone is 2. The van der Waals surface area contributed by atoms with Gasteiger partial charge in [0.1, 0.15) is 5.41 Å². The van der Waals surface area contributed by atoms with Crippen molar-refractivity contribution in [1.29, 1.82) is 5.26 Å². The first kappa shape index (κ1) is 12.8. The van der Waals surface area contributed by atoms with Crippen LogP contribution in [-0.2, 0) is 5.41 Å². The van der Waals surface area contributed by atoms with Crippen LogP contribution >= 0.6 is 23.2 Å². The van der Waals surface area contributed by atoms with E-state index < -0.39 is 5.41 Å². The maximum atomic E-state index is 9.38. The minimum Gasteiger partial charge on any atom is -0.197 e. The van der Waals surface area contributed by atoms with Gasteiger partial charge in [0.25, 0.3) is 0 Å². The molecule has 3 heteroatoms. The summed E-state index contributed by atoms with van der Waals surface area (Å²) in [5.41, 5.74) is 1.13. The van der Waals surface area contributed by atoms with Crippen LogP contribution < -0.4 is 0 Å². The molecule has 0 aliphatic rings. The highest BCUT2D eigenvalue weighted by Gasteiger charge is 2.34. The minimum atomic E-state index is -0.924. The van der Waals surface area contributed by atoms with Gasteiger partial charge in [-0.15, -0.1) is 6.58 Å². The van der Waals surface area contributed by atoms with Gasteiger partial charge < -0.3 is 0 Å². The first-order chi connectivity index (χ1) is 7.71. The summed E-state index contributed by atoms with van der Waals surface area (Å²) < 4.78 is 0. The summed E-state index contributed by atoms with van der Waals surface area (Å²) in [7, 11) is 0. The number of nitriles is 1. The second-order valence-electron chi connectivity index (χ2n) is 3.33. The Morgan fingerprint density at radius 1 is 1.44 bits per heavy atom. The molecular formula is C13H11Cl2N. The zero-order valence-electron chi connectivity index (χ0n) is 8.66. The number of hydrogen-bond acceptors (Lipinski definition) is 1. The van der Waals surface area contributed by atoms with E-state index in [9.17, 15) is 5.26 Å². The fraction of sp³-hybridized carbons (Fsp3) is 0.154. The fourth-order valence-corrected chi connectivity index (χ4v) is 1.96. The van der Waals surface area contributed by atoms with Gasteiger partial charge in [-0.25, -0.2) is 0 Å². The van der Waals surface area contributed by atoms with Gasteiger partial charge in [-0.2, -0.15) is 5.26 Å². The third-order valence-corrected chi connectivity index (χ3v) is 3.17. The number of halogens is 2. The SMILES string of the molecule is C=CCC(C#N)(/C(Cl)=C\Cl)c1ccccc1. The normalized spacial score (nSPS) is 14.9. The topological polar surface area (TPSA) is 23.8 Å². The molecule has 1 nitrogen and oxygen atoms in total. The lowest BCUT2D eigenvalue weighted by molar-refractivity contribution is 0.685. The maximum absolute atomic E-state index is 9.38. The summed E-state index contributed by atoms with van der Waals surface area (Å²) in [5.74, 6) is 0. The Bertz CT molecular complexity index is 431. The van der Waals surface area contributed by atoms with Crippen molar-refractivity contribution in [3.63, 3.8) is 0 Å². The van der Waals surface area contributed by atoms with Crippen LogP contribution in [0, 0.1) is 11.3 Å². The molecule has 0 bridgehead atoms. The van der Waals surface area contributed by atoms with E-state index in [4.69, 9.17) is 23.2 Å². The molecule has 0 N–H and O–H groups in total. The van der Waals surface area contributed by atoms with E-state index in [0.29, 0.717) is 11.5 Å². The predicted octanol–water partition coefficient (Wildman–Crippen LogP) is 4.34. The van der Waals surface area contributed by atoms with E-state index in [1.54, 1.807) is 6.08 Å². The van der Waals surface area contributed by atoms with Crippen molar-refractivity contribution in [2.45, 2.75) is 11.8 Å². The summed E-state index contributed by atoms with van der Waals surface area (Å²) in [6.07, 6.45) is 2.09. The lowest BCUT2D eigenvalue weighted by Crippen LogP contribution is -2.23. The van der Waals surface area contributed by atoms with Crippen LogP contribution in [0.5, 0.6) is 0 Å². The van der Waals surface area contributed by atoms with Crippen molar-refractivity contribution >= 4 is 23.2 Å². The molecule has 0 aromatic heterocycles. The van der Waals surface area contributed by atoms with Crippen molar-refractivity contribution in [3.05, 3.63) is 59.1 Å². The third kappa shape index (κ3) is 2.29. The van der Waals surface area contributed by atoms with E-state index in [2.05, 4.69) is 12.6 Å². The van der Waals surface area contributed by atoms with Crippen molar-refractivity contribution < 1.29 is 0 Å². The van der Waals surface area contributed by atoms with Gasteiger partial charge in [-0.05, 0) is 12.0 Å². The standard InChI is InChI=1S/C13H11Cl2N/c1-2-8-13(10-16,12(15)9-14)11-6-4-3-5-7-11/h2-7,9H,1,8H2/b12-9+. The minimum absolute atomic E-state index is 0.308. The van der Waals surface area contributed by atoms with E-state index in [-0.39, 0.29) is 0 Å². The maximum Gasteiger partial charge on any atom is 0.122 e. The molecule has 0 fully saturated rings. The molecule has 0 saturated carbocycles. The summed E-state index contributed by atoms with van der Waals surface area (Å²) in [6.45, 7) is 3.66. The second-order valence-corrected chi connectivity index (χ2v) is 3.96. The molecule has 1 rings (SSSR count). The predicted molar refractivity (Wildman–Crippen MR) is 68.3 cm³/mol. The molecule has 1 atom stereocenters. The summed E-state index contributed by atoms with van der Waals surface area (Å²) in [5, 5.41) is 9.69. The molecule has 0 saturated heterocycles. The average Bonchev–Trinajstić information content (AvgIpc) is 2.36. The Morgan fingerprint density at radius 2 is 2.06 bits per heavy atom. The van der Waals surface area contributed by atoms with Crippen LogP contribution in [0.15, 0.2) is 53.6 Å². The third-order valence-electron chi connectivity index (χ3n) is 2.41. The molecule has 0 amide bonds. The molecule has 1 aromatic carbocycles. The van der Waals surface area contributed by atoms with Gasteiger partial charge in [0.15, 0.2) is 0 Å². The van der Waals surface area contributed by atoms with Gasteiger partial charge in [-0.3, -0.25) is 0 Å². The summed E-state index contributed by atoms with van der Waals surface area (Å²) in [6, 6.07) is 11.6. The quantitative estimate of drug-likeness (QED) is 0.731. The highest BCUT2D eigenvalue weighted by atomic mass is 35.5. The molecule has 82 valence electrons. The molecule has 1 aromatic rings. The van der Waals surface area contributed by atoms with Gasteiger partial charge in [0, 0.05) is 5.54 Å². The van der Waals surface area contributed by atoms with Crippen LogP contribution in [-0.4, -0.2) is 0 Å². The van der Waals surface area contributed by atoms with Crippen molar-refractivity contribution in [1.82, 2.24) is 0 Å². The number of hydrogen-bond donors (Lipinski definition) is 0. The van der Waals surface area contributed by atoms with Crippen LogP contribution in [0.2, 0.25) is 0 Å². The van der Waals surface area contributed by atoms with E-state index in [1.165, 1.54) is 5.54 Å². The van der Waals surface area contributed by atoms with Gasteiger partial charge >= 0.3 is 0 Å². The van der Waals surface area contributed by atoms with Crippen LogP contribution in [0.1, 0.15) is 12.0 Å². The first-order valence-electron chi connectivity index (χ1n) is 4.75. The molecule has 0 aliphatic carbocycles. The van der Waals surface area contributed by atoms with E-state index >= 15 is 0 Å². The molecule has 0 heterocycles. The Morgan fingerprint density at radius 3 is 2.50 bits per heavy atom. The first-order valence-corrected chi connectivity index (χ1v) is 5.56. The molecule has 1 unspecified atom stereocenters. The Balaban J connectivity index is 3.36. The van der Waals surface area contributed by atoms with Crippen LogP contribution in [0.3, 0.4) is 0 Å². The second kappa shape index (κ2) is 5.75. The van der Waals surface area contributed by atoms with Gasteiger partial charge in [-0.1, -0.05) is 59.6 Å². The summed E-state index contributed by atoms with van der Waals surface area (Å²) in [4.78, 5) is 0. The number of rotatable bonds is 4. The zero-order chi connectivity index (χ0) is 12.0. The smallest absolute Gasteiger partial charge is 0.122 e. The fourth-order valence-electron chi connectivity index (χ4n) is 1.55. The molecule has 0 aliphatic heterocycles. The van der Waals surface area contributed by atoms with E-state index in [1.807, 2.05) is 30.3 Å². The summed E-state index contributed by atoms with van der Waals surface area (Å²) >= 11 is 11.7. The van der Waals surface area contributed by atoms with E-state index in [0.717, 1.165) is 5.56 Å². The van der Waals surface area contributed by atoms with Gasteiger partial charge in [0.05, 0.1) is 11.1 Å². The van der Waals surface area contributed by atoms with Crippen LogP contribution in [0.25, 0.3) is 0 Å². The molecule has 0 radical (unpaired) electrons. The monoisotopic (exact) mass is 251 g/mol. The van der Waals surface area contributed by atoms with Crippen molar-refractivity contribution in [2.75, 3.05) is 0 Å². The van der Waals surface area contributed by atoms with Crippen molar-refractivity contribution in [3.8, 4) is 6.07 Å². The highest BCUT2D eigenvalue weighted by Crippen LogP contribution is 2.38. The Hall–Kier alpha value is -1.23.